The molecule has 0 bridgehead atoms. The van der Waals surface area contributed by atoms with Gasteiger partial charge in [0.15, 0.2) is 0 Å². The lowest BCUT2D eigenvalue weighted by molar-refractivity contribution is -0.118. The third kappa shape index (κ3) is 3.73. The molecule has 1 N–H and O–H groups in total. The van der Waals surface area contributed by atoms with Gasteiger partial charge in [-0.2, -0.15) is 5.10 Å². The summed E-state index contributed by atoms with van der Waals surface area (Å²) < 4.78 is 1.67. The normalized spacial score (nSPS) is 11.5. The molecule has 4 nitrogen and oxygen atoms in total. The zero-order valence-electron chi connectivity index (χ0n) is 9.87. The summed E-state index contributed by atoms with van der Waals surface area (Å²) in [4.78, 5) is 11.6. The maximum atomic E-state index is 11.6. The standard InChI is InChI=1S/C11H19N3O/c1-5-11(2,3)6-10(15)13-9-7-12-14(4)8-9/h7-8H,5-6H2,1-4H3,(H,13,15). The number of aromatic nitrogens is 2. The molecule has 15 heavy (non-hydrogen) atoms. The summed E-state index contributed by atoms with van der Waals surface area (Å²) >= 11 is 0. The molecular formula is C11H19N3O. The van der Waals surface area contributed by atoms with Crippen molar-refractivity contribution in [3.05, 3.63) is 12.4 Å². The Morgan fingerprint density at radius 2 is 2.27 bits per heavy atom. The van der Waals surface area contributed by atoms with E-state index < -0.39 is 0 Å². The van der Waals surface area contributed by atoms with Crippen molar-refractivity contribution < 1.29 is 4.79 Å². The monoisotopic (exact) mass is 209 g/mol. The first kappa shape index (κ1) is 11.8. The van der Waals surface area contributed by atoms with Gasteiger partial charge in [-0.3, -0.25) is 9.48 Å². The van der Waals surface area contributed by atoms with E-state index in [0.29, 0.717) is 6.42 Å². The van der Waals surface area contributed by atoms with E-state index in [1.807, 2.05) is 7.05 Å². The molecule has 1 rings (SSSR count). The van der Waals surface area contributed by atoms with E-state index in [1.165, 1.54) is 0 Å². The van der Waals surface area contributed by atoms with Gasteiger partial charge in [0.2, 0.25) is 5.91 Å². The number of carbonyl (C=O) groups excluding carboxylic acids is 1. The Bertz CT molecular complexity index is 341. The number of nitrogens with one attached hydrogen (secondary N) is 1. The molecule has 4 heteroatoms. The fraction of sp³-hybridized carbons (Fsp3) is 0.636. The molecule has 1 aromatic heterocycles. The van der Waals surface area contributed by atoms with Crippen molar-refractivity contribution in [2.24, 2.45) is 12.5 Å². The van der Waals surface area contributed by atoms with Crippen LogP contribution < -0.4 is 5.32 Å². The van der Waals surface area contributed by atoms with Gasteiger partial charge < -0.3 is 5.32 Å². The minimum absolute atomic E-state index is 0.0508. The Hall–Kier alpha value is -1.32. The first-order valence-corrected chi connectivity index (χ1v) is 5.21. The smallest absolute Gasteiger partial charge is 0.224 e. The predicted molar refractivity (Wildman–Crippen MR) is 60.5 cm³/mol. The lowest BCUT2D eigenvalue weighted by Crippen LogP contribution is -2.21. The van der Waals surface area contributed by atoms with E-state index in [-0.39, 0.29) is 11.3 Å². The predicted octanol–water partition coefficient (Wildman–Crippen LogP) is 2.18. The maximum absolute atomic E-state index is 11.6. The highest BCUT2D eigenvalue weighted by Crippen LogP contribution is 2.24. The van der Waals surface area contributed by atoms with Gasteiger partial charge in [0, 0.05) is 19.7 Å². The second-order valence-electron chi connectivity index (χ2n) is 4.65. The molecule has 0 atom stereocenters. The van der Waals surface area contributed by atoms with Crippen LogP contribution in [-0.2, 0) is 11.8 Å². The number of aryl methyl sites for hydroxylation is 1. The Morgan fingerprint density at radius 3 is 2.73 bits per heavy atom. The van der Waals surface area contributed by atoms with Crippen LogP contribution in [-0.4, -0.2) is 15.7 Å². The van der Waals surface area contributed by atoms with Crippen LogP contribution >= 0.6 is 0 Å². The van der Waals surface area contributed by atoms with Gasteiger partial charge in [-0.1, -0.05) is 27.2 Å². The molecule has 0 spiro atoms. The van der Waals surface area contributed by atoms with Crippen molar-refractivity contribution >= 4 is 11.6 Å². The number of hydrogen-bond acceptors (Lipinski definition) is 2. The van der Waals surface area contributed by atoms with Crippen molar-refractivity contribution in [1.29, 1.82) is 0 Å². The van der Waals surface area contributed by atoms with Crippen LogP contribution in [0.15, 0.2) is 12.4 Å². The van der Waals surface area contributed by atoms with Crippen molar-refractivity contribution in [2.45, 2.75) is 33.6 Å². The Balaban J connectivity index is 2.50. The number of carbonyl (C=O) groups is 1. The summed E-state index contributed by atoms with van der Waals surface area (Å²) in [7, 11) is 1.83. The van der Waals surface area contributed by atoms with Gasteiger partial charge in [-0.05, 0) is 5.41 Å². The van der Waals surface area contributed by atoms with Crippen molar-refractivity contribution in [2.75, 3.05) is 5.32 Å². The van der Waals surface area contributed by atoms with Crippen molar-refractivity contribution in [3.63, 3.8) is 0 Å². The number of nitrogens with zero attached hydrogens (tertiary/aromatic N) is 2. The average molecular weight is 209 g/mol. The van der Waals surface area contributed by atoms with Crippen LogP contribution in [0.5, 0.6) is 0 Å². The molecule has 0 aliphatic rings. The highest BCUT2D eigenvalue weighted by atomic mass is 16.1. The molecule has 0 aliphatic heterocycles. The molecule has 1 amide bonds. The molecule has 0 saturated carbocycles. The highest BCUT2D eigenvalue weighted by Gasteiger charge is 2.19. The Kier molecular flexibility index (Phi) is 3.50. The summed E-state index contributed by atoms with van der Waals surface area (Å²) in [6, 6.07) is 0. The number of hydrogen-bond donors (Lipinski definition) is 1. The minimum Gasteiger partial charge on any atom is -0.323 e. The molecule has 1 heterocycles. The van der Waals surface area contributed by atoms with Gasteiger partial charge in [0.05, 0.1) is 11.9 Å². The zero-order chi connectivity index (χ0) is 11.5. The molecule has 0 unspecified atom stereocenters. The van der Waals surface area contributed by atoms with Crippen LogP contribution in [0.4, 0.5) is 5.69 Å². The Morgan fingerprint density at radius 1 is 1.60 bits per heavy atom. The van der Waals surface area contributed by atoms with Crippen LogP contribution in [0.3, 0.4) is 0 Å². The number of anilines is 1. The first-order chi connectivity index (χ1) is 6.93. The largest absolute Gasteiger partial charge is 0.323 e. The second kappa shape index (κ2) is 4.47. The van der Waals surface area contributed by atoms with E-state index in [9.17, 15) is 4.79 Å². The molecule has 0 fully saturated rings. The fourth-order valence-electron chi connectivity index (χ4n) is 1.25. The summed E-state index contributed by atoms with van der Waals surface area (Å²) in [6.45, 7) is 6.28. The summed E-state index contributed by atoms with van der Waals surface area (Å²) in [5.41, 5.74) is 0.821. The third-order valence-electron chi connectivity index (χ3n) is 2.58. The molecule has 84 valence electrons. The van der Waals surface area contributed by atoms with E-state index >= 15 is 0 Å². The number of rotatable bonds is 4. The highest BCUT2D eigenvalue weighted by molar-refractivity contribution is 5.90. The topological polar surface area (TPSA) is 46.9 Å². The molecule has 1 aromatic rings. The van der Waals surface area contributed by atoms with E-state index in [2.05, 4.69) is 31.2 Å². The van der Waals surface area contributed by atoms with Crippen LogP contribution in [0.1, 0.15) is 33.6 Å². The van der Waals surface area contributed by atoms with Crippen LogP contribution in [0, 0.1) is 5.41 Å². The van der Waals surface area contributed by atoms with Crippen LogP contribution in [0.2, 0.25) is 0 Å². The molecule has 0 saturated heterocycles. The quantitative estimate of drug-likeness (QED) is 0.826. The molecule has 0 radical (unpaired) electrons. The summed E-state index contributed by atoms with van der Waals surface area (Å²) in [5.74, 6) is 0.0508. The van der Waals surface area contributed by atoms with Gasteiger partial charge >= 0.3 is 0 Å². The minimum atomic E-state index is 0.0508. The van der Waals surface area contributed by atoms with E-state index in [4.69, 9.17) is 0 Å². The van der Waals surface area contributed by atoms with Crippen LogP contribution in [0.25, 0.3) is 0 Å². The summed E-state index contributed by atoms with van der Waals surface area (Å²) in [5, 5.41) is 6.82. The van der Waals surface area contributed by atoms with Gasteiger partial charge in [0.1, 0.15) is 0 Å². The fourth-order valence-corrected chi connectivity index (χ4v) is 1.25. The molecular weight excluding hydrogens is 190 g/mol. The lowest BCUT2D eigenvalue weighted by Gasteiger charge is -2.21. The zero-order valence-corrected chi connectivity index (χ0v) is 9.87. The molecule has 0 aliphatic carbocycles. The van der Waals surface area contributed by atoms with E-state index in [1.54, 1.807) is 17.1 Å². The number of amides is 1. The van der Waals surface area contributed by atoms with E-state index in [0.717, 1.165) is 12.1 Å². The summed E-state index contributed by atoms with van der Waals surface area (Å²) in [6.07, 6.45) is 4.97. The molecule has 0 aromatic carbocycles. The van der Waals surface area contributed by atoms with Crippen molar-refractivity contribution in [1.82, 2.24) is 9.78 Å². The average Bonchev–Trinajstić information content (AvgIpc) is 2.50. The second-order valence-corrected chi connectivity index (χ2v) is 4.65. The van der Waals surface area contributed by atoms with Gasteiger partial charge in [-0.15, -0.1) is 0 Å². The maximum Gasteiger partial charge on any atom is 0.224 e. The SMILES string of the molecule is CCC(C)(C)CC(=O)Nc1cnn(C)c1. The first-order valence-electron chi connectivity index (χ1n) is 5.21. The van der Waals surface area contributed by atoms with Gasteiger partial charge in [-0.25, -0.2) is 0 Å². The Labute approximate surface area is 90.7 Å². The van der Waals surface area contributed by atoms with Crippen molar-refractivity contribution in [3.8, 4) is 0 Å². The third-order valence-corrected chi connectivity index (χ3v) is 2.58. The van der Waals surface area contributed by atoms with Gasteiger partial charge in [0.25, 0.3) is 0 Å². The lowest BCUT2D eigenvalue weighted by atomic mass is 9.86.